The number of hydrogen-bond acceptors (Lipinski definition) is 3. The van der Waals surface area contributed by atoms with Crippen molar-refractivity contribution >= 4 is 28.2 Å². The number of rotatable bonds is 1. The maximum atomic E-state index is 13.6. The quantitative estimate of drug-likeness (QED) is 0.478. The number of halogens is 5. The molecule has 2 aromatic rings. The molecule has 0 unspecified atom stereocenters. The van der Waals surface area contributed by atoms with Gasteiger partial charge in [0.15, 0.2) is 0 Å². The van der Waals surface area contributed by atoms with Gasteiger partial charge in [-0.1, -0.05) is 11.6 Å². The third kappa shape index (κ3) is 2.06. The van der Waals surface area contributed by atoms with Crippen LogP contribution in [-0.2, 0) is 6.18 Å². The van der Waals surface area contributed by atoms with E-state index in [-0.39, 0.29) is 21.6 Å². The maximum absolute atomic E-state index is 13.6. The van der Waals surface area contributed by atoms with Crippen molar-refractivity contribution in [2.24, 2.45) is 5.84 Å². The number of nitrogens with zero attached hydrogens (tertiary/aromatic N) is 1. The van der Waals surface area contributed by atoms with E-state index in [9.17, 15) is 17.6 Å². The number of nitrogens with one attached hydrogen (secondary N) is 1. The Morgan fingerprint density at radius 3 is 2.50 bits per heavy atom. The fraction of sp³-hybridized carbons (Fsp3) is 0.100. The molecule has 0 saturated heterocycles. The fourth-order valence-electron chi connectivity index (χ4n) is 1.53. The molecular weight excluding hydrogens is 274 g/mol. The number of nitrogen functional groups attached to an aromatic ring is 1. The van der Waals surface area contributed by atoms with Crippen molar-refractivity contribution in [1.82, 2.24) is 4.98 Å². The van der Waals surface area contributed by atoms with E-state index < -0.39 is 17.7 Å². The highest BCUT2D eigenvalue weighted by Crippen LogP contribution is 2.35. The second-order valence-corrected chi connectivity index (χ2v) is 3.86. The fourth-order valence-corrected chi connectivity index (χ4v) is 1.73. The molecule has 1 aromatic carbocycles. The summed E-state index contributed by atoms with van der Waals surface area (Å²) >= 11 is 5.71. The van der Waals surface area contributed by atoms with Gasteiger partial charge >= 0.3 is 6.18 Å². The molecule has 0 atom stereocenters. The highest BCUT2D eigenvalue weighted by molar-refractivity contribution is 6.35. The van der Waals surface area contributed by atoms with Crippen LogP contribution in [0.2, 0.25) is 5.02 Å². The molecule has 0 aliphatic carbocycles. The lowest BCUT2D eigenvalue weighted by atomic mass is 10.1. The van der Waals surface area contributed by atoms with Crippen LogP contribution in [0.1, 0.15) is 5.69 Å². The van der Waals surface area contributed by atoms with Gasteiger partial charge in [0.25, 0.3) is 0 Å². The Kier molecular flexibility index (Phi) is 3.04. The van der Waals surface area contributed by atoms with Gasteiger partial charge in [-0.05, 0) is 18.2 Å². The van der Waals surface area contributed by atoms with Crippen molar-refractivity contribution in [3.63, 3.8) is 0 Å². The van der Waals surface area contributed by atoms with Crippen LogP contribution in [0.4, 0.5) is 23.2 Å². The highest BCUT2D eigenvalue weighted by Gasteiger charge is 2.34. The number of alkyl halides is 3. The third-order valence-corrected chi connectivity index (χ3v) is 2.61. The summed E-state index contributed by atoms with van der Waals surface area (Å²) in [6.45, 7) is 0. The van der Waals surface area contributed by atoms with E-state index in [2.05, 4.69) is 4.98 Å². The molecule has 0 spiro atoms. The first-order valence-corrected chi connectivity index (χ1v) is 5.05. The molecule has 0 fully saturated rings. The van der Waals surface area contributed by atoms with Gasteiger partial charge in [-0.2, -0.15) is 13.2 Å². The lowest BCUT2D eigenvalue weighted by molar-refractivity contribution is -0.140. The summed E-state index contributed by atoms with van der Waals surface area (Å²) in [5, 5.41) is -0.271. The zero-order chi connectivity index (χ0) is 13.5. The van der Waals surface area contributed by atoms with Gasteiger partial charge in [0, 0.05) is 0 Å². The third-order valence-electron chi connectivity index (χ3n) is 2.31. The van der Waals surface area contributed by atoms with E-state index in [1.165, 1.54) is 0 Å². The Bertz CT molecular complexity index is 612. The second-order valence-electron chi connectivity index (χ2n) is 3.45. The highest BCUT2D eigenvalue weighted by atomic mass is 35.5. The molecule has 0 aliphatic rings. The molecule has 3 N–H and O–H groups in total. The van der Waals surface area contributed by atoms with E-state index in [1.54, 1.807) is 0 Å². The van der Waals surface area contributed by atoms with Gasteiger partial charge in [-0.3, -0.25) is 5.84 Å². The summed E-state index contributed by atoms with van der Waals surface area (Å²) in [6, 6.07) is 2.79. The first-order chi connectivity index (χ1) is 8.34. The SMILES string of the molecule is NNc1cc(C(F)(F)F)nc2c(Cl)ccc(F)c12. The van der Waals surface area contributed by atoms with Crippen LogP contribution >= 0.6 is 11.6 Å². The Morgan fingerprint density at radius 1 is 1.28 bits per heavy atom. The van der Waals surface area contributed by atoms with Crippen molar-refractivity contribution in [1.29, 1.82) is 0 Å². The molecule has 18 heavy (non-hydrogen) atoms. The van der Waals surface area contributed by atoms with E-state index in [1.807, 2.05) is 5.43 Å². The summed E-state index contributed by atoms with van der Waals surface area (Å²) in [5.74, 6) is 4.33. The summed E-state index contributed by atoms with van der Waals surface area (Å²) in [7, 11) is 0. The molecule has 0 amide bonds. The number of nitrogens with two attached hydrogens (primary N) is 1. The van der Waals surface area contributed by atoms with Crippen LogP contribution in [0.5, 0.6) is 0 Å². The molecule has 0 bridgehead atoms. The van der Waals surface area contributed by atoms with Crippen LogP contribution in [0.25, 0.3) is 10.9 Å². The molecule has 0 saturated carbocycles. The number of hydrogen-bond donors (Lipinski definition) is 2. The van der Waals surface area contributed by atoms with Gasteiger partial charge in [0.1, 0.15) is 11.5 Å². The number of benzene rings is 1. The Labute approximate surface area is 104 Å². The van der Waals surface area contributed by atoms with E-state index >= 15 is 0 Å². The van der Waals surface area contributed by atoms with Crippen LogP contribution < -0.4 is 11.3 Å². The van der Waals surface area contributed by atoms with Crippen LogP contribution in [0.3, 0.4) is 0 Å². The molecule has 3 nitrogen and oxygen atoms in total. The number of hydrazine groups is 1. The zero-order valence-corrected chi connectivity index (χ0v) is 9.40. The number of aromatic nitrogens is 1. The Hall–Kier alpha value is -1.60. The van der Waals surface area contributed by atoms with Gasteiger partial charge in [0.05, 0.1) is 21.6 Å². The van der Waals surface area contributed by atoms with Gasteiger partial charge in [0.2, 0.25) is 0 Å². The Morgan fingerprint density at radius 2 is 1.94 bits per heavy atom. The first-order valence-electron chi connectivity index (χ1n) is 4.67. The van der Waals surface area contributed by atoms with Crippen LogP contribution in [-0.4, -0.2) is 4.98 Å². The van der Waals surface area contributed by atoms with Crippen LogP contribution in [0, 0.1) is 5.82 Å². The average Bonchev–Trinajstić information content (AvgIpc) is 2.31. The normalized spacial score (nSPS) is 11.9. The second kappa shape index (κ2) is 4.25. The topological polar surface area (TPSA) is 50.9 Å². The number of anilines is 1. The Balaban J connectivity index is 2.88. The van der Waals surface area contributed by atoms with Gasteiger partial charge in [-0.25, -0.2) is 9.37 Å². The van der Waals surface area contributed by atoms with Gasteiger partial charge < -0.3 is 5.43 Å². The molecule has 1 heterocycles. The molecule has 1 aromatic heterocycles. The maximum Gasteiger partial charge on any atom is 0.433 e. The minimum atomic E-state index is -4.67. The molecule has 8 heteroatoms. The van der Waals surface area contributed by atoms with Crippen molar-refractivity contribution in [3.05, 3.63) is 34.7 Å². The van der Waals surface area contributed by atoms with Crippen molar-refractivity contribution in [2.45, 2.75) is 6.18 Å². The minimum Gasteiger partial charge on any atom is -0.323 e. The average molecular weight is 280 g/mol. The van der Waals surface area contributed by atoms with Crippen molar-refractivity contribution in [2.75, 3.05) is 5.43 Å². The largest absolute Gasteiger partial charge is 0.433 e. The molecule has 2 rings (SSSR count). The smallest absolute Gasteiger partial charge is 0.323 e. The molecule has 0 radical (unpaired) electrons. The van der Waals surface area contributed by atoms with E-state index in [0.29, 0.717) is 6.07 Å². The monoisotopic (exact) mass is 279 g/mol. The summed E-state index contributed by atoms with van der Waals surface area (Å²) in [6.07, 6.45) is -4.67. The number of fused-ring (bicyclic) bond motifs is 1. The van der Waals surface area contributed by atoms with E-state index in [4.69, 9.17) is 17.4 Å². The van der Waals surface area contributed by atoms with Gasteiger partial charge in [-0.15, -0.1) is 0 Å². The number of pyridine rings is 1. The minimum absolute atomic E-state index is 0.0889. The predicted molar refractivity (Wildman–Crippen MR) is 59.5 cm³/mol. The lowest BCUT2D eigenvalue weighted by Crippen LogP contribution is -2.13. The lowest BCUT2D eigenvalue weighted by Gasteiger charge is -2.12. The summed E-state index contributed by atoms with van der Waals surface area (Å²) < 4.78 is 51.4. The molecular formula is C10H6ClF4N3. The van der Waals surface area contributed by atoms with Crippen molar-refractivity contribution in [3.8, 4) is 0 Å². The summed E-state index contributed by atoms with van der Waals surface area (Å²) in [5.41, 5.74) is 0.292. The summed E-state index contributed by atoms with van der Waals surface area (Å²) in [4.78, 5) is 3.32. The molecule has 0 aliphatic heterocycles. The van der Waals surface area contributed by atoms with Crippen LogP contribution in [0.15, 0.2) is 18.2 Å². The zero-order valence-electron chi connectivity index (χ0n) is 8.65. The van der Waals surface area contributed by atoms with Crippen molar-refractivity contribution < 1.29 is 17.6 Å². The predicted octanol–water partition coefficient (Wildman–Crippen LogP) is 3.33. The molecule has 96 valence electrons. The van der Waals surface area contributed by atoms with E-state index in [0.717, 1.165) is 12.1 Å². The standard InChI is InChI=1S/C10H6ClF4N3/c11-4-1-2-5(12)8-6(18-16)3-7(10(13,14)15)17-9(4)8/h1-3H,16H2,(H,17,18). The first kappa shape index (κ1) is 12.8.